The molecule has 1 heterocycles. The minimum atomic E-state index is 0.0203. The van der Waals surface area contributed by atoms with E-state index in [9.17, 15) is 0 Å². The van der Waals surface area contributed by atoms with Crippen LogP contribution in [0.1, 0.15) is 63.7 Å². The van der Waals surface area contributed by atoms with Crippen molar-refractivity contribution in [3.63, 3.8) is 0 Å². The van der Waals surface area contributed by atoms with Gasteiger partial charge in [0.1, 0.15) is 18.4 Å². The van der Waals surface area contributed by atoms with Gasteiger partial charge < -0.3 is 0 Å². The maximum absolute atomic E-state index is 2.44. The fourth-order valence-electron chi connectivity index (χ4n) is 4.20. The van der Waals surface area contributed by atoms with Crippen LogP contribution in [0.2, 0.25) is 0 Å². The summed E-state index contributed by atoms with van der Waals surface area (Å²) in [6.45, 7) is 9.20. The molecule has 0 aliphatic heterocycles. The van der Waals surface area contributed by atoms with Gasteiger partial charge in [-0.3, -0.25) is 0 Å². The molecule has 0 aliphatic carbocycles. The lowest BCUT2D eigenvalue weighted by molar-refractivity contribution is -0.732. The first-order chi connectivity index (χ1) is 13.0. The Kier molecular flexibility index (Phi) is 6.15. The molecule has 2 atom stereocenters. The number of rotatable bonds is 8. The Labute approximate surface area is 164 Å². The maximum Gasteiger partial charge on any atom is 0.244 e. The van der Waals surface area contributed by atoms with E-state index in [0.717, 1.165) is 12.8 Å². The molecule has 3 rings (SSSR count). The number of benzene rings is 2. The van der Waals surface area contributed by atoms with Crippen molar-refractivity contribution in [2.45, 2.75) is 64.5 Å². The Morgan fingerprint density at radius 3 is 2.15 bits per heavy atom. The van der Waals surface area contributed by atoms with Crippen molar-refractivity contribution in [3.8, 4) is 0 Å². The highest BCUT2D eigenvalue weighted by Gasteiger charge is 2.40. The zero-order chi connectivity index (χ0) is 19.3. The minimum absolute atomic E-state index is 0.0203. The van der Waals surface area contributed by atoms with E-state index in [1.165, 1.54) is 17.5 Å². The standard InChI is InChI=1S/C25H33N2/c1-5-12-24(27-18-17-26(20-27)21(2)3)25(4,23-15-10-7-11-16-23)19-22-13-8-6-9-14-22/h6-11,13-18,20-21,24H,5,12,19H2,1-4H3/q+1. The average molecular weight is 362 g/mol. The van der Waals surface area contributed by atoms with Gasteiger partial charge in [-0.05, 0) is 37.8 Å². The fourth-order valence-corrected chi connectivity index (χ4v) is 4.20. The second kappa shape index (κ2) is 8.56. The lowest BCUT2D eigenvalue weighted by Gasteiger charge is -2.36. The topological polar surface area (TPSA) is 8.81 Å². The van der Waals surface area contributed by atoms with Gasteiger partial charge in [0.05, 0.1) is 6.04 Å². The van der Waals surface area contributed by atoms with Gasteiger partial charge in [0.2, 0.25) is 6.33 Å². The van der Waals surface area contributed by atoms with Crippen molar-refractivity contribution in [1.82, 2.24) is 4.57 Å². The van der Waals surface area contributed by atoms with Gasteiger partial charge in [-0.2, -0.15) is 0 Å². The number of nitrogens with zero attached hydrogens (tertiary/aromatic N) is 2. The van der Waals surface area contributed by atoms with Crippen LogP contribution in [0.15, 0.2) is 79.4 Å². The normalized spacial score (nSPS) is 14.9. The van der Waals surface area contributed by atoms with Crippen LogP contribution < -0.4 is 4.57 Å². The monoisotopic (exact) mass is 361 g/mol. The second-order valence-electron chi connectivity index (χ2n) is 8.15. The van der Waals surface area contributed by atoms with Gasteiger partial charge in [-0.15, -0.1) is 0 Å². The zero-order valence-corrected chi connectivity index (χ0v) is 17.2. The Bertz CT molecular complexity index is 820. The summed E-state index contributed by atoms with van der Waals surface area (Å²) in [6, 6.07) is 22.9. The highest BCUT2D eigenvalue weighted by atomic mass is 15.1. The van der Waals surface area contributed by atoms with Crippen LogP contribution >= 0.6 is 0 Å². The smallest absolute Gasteiger partial charge is 0.235 e. The second-order valence-corrected chi connectivity index (χ2v) is 8.15. The first kappa shape index (κ1) is 19.4. The molecule has 2 unspecified atom stereocenters. The Morgan fingerprint density at radius 2 is 1.59 bits per heavy atom. The number of hydrogen-bond acceptors (Lipinski definition) is 0. The molecule has 27 heavy (non-hydrogen) atoms. The molecule has 0 fully saturated rings. The van der Waals surface area contributed by atoms with Crippen molar-refractivity contribution in [1.29, 1.82) is 0 Å². The number of imidazole rings is 1. The molecular weight excluding hydrogens is 328 g/mol. The van der Waals surface area contributed by atoms with Crippen LogP contribution in [-0.4, -0.2) is 4.57 Å². The third kappa shape index (κ3) is 4.32. The van der Waals surface area contributed by atoms with E-state index in [1.54, 1.807) is 0 Å². The predicted octanol–water partition coefficient (Wildman–Crippen LogP) is 5.90. The first-order valence-corrected chi connectivity index (χ1v) is 10.2. The van der Waals surface area contributed by atoms with Crippen molar-refractivity contribution in [2.24, 2.45) is 0 Å². The van der Waals surface area contributed by atoms with Crippen LogP contribution in [-0.2, 0) is 11.8 Å². The molecule has 142 valence electrons. The highest BCUT2D eigenvalue weighted by molar-refractivity contribution is 5.29. The van der Waals surface area contributed by atoms with Crippen molar-refractivity contribution in [2.75, 3.05) is 0 Å². The third-order valence-corrected chi connectivity index (χ3v) is 5.78. The van der Waals surface area contributed by atoms with Gasteiger partial charge in [0.15, 0.2) is 0 Å². The van der Waals surface area contributed by atoms with E-state index in [0.29, 0.717) is 12.1 Å². The van der Waals surface area contributed by atoms with Crippen LogP contribution in [0, 0.1) is 0 Å². The SMILES string of the molecule is CCCC([n+]1ccn(C(C)C)c1)C(C)(Cc1ccccc1)c1ccccc1. The van der Waals surface area contributed by atoms with Gasteiger partial charge in [-0.25, -0.2) is 9.13 Å². The third-order valence-electron chi connectivity index (χ3n) is 5.78. The van der Waals surface area contributed by atoms with Crippen molar-refractivity contribution in [3.05, 3.63) is 90.5 Å². The lowest BCUT2D eigenvalue weighted by Crippen LogP contribution is -2.50. The van der Waals surface area contributed by atoms with E-state index in [-0.39, 0.29) is 5.41 Å². The summed E-state index contributed by atoms with van der Waals surface area (Å²) in [5, 5.41) is 0. The largest absolute Gasteiger partial charge is 0.244 e. The number of hydrogen-bond donors (Lipinski definition) is 0. The lowest BCUT2D eigenvalue weighted by atomic mass is 9.70. The van der Waals surface area contributed by atoms with E-state index >= 15 is 0 Å². The van der Waals surface area contributed by atoms with Gasteiger partial charge >= 0.3 is 0 Å². The molecule has 0 aliphatic rings. The maximum atomic E-state index is 2.44. The van der Waals surface area contributed by atoms with Crippen LogP contribution in [0.5, 0.6) is 0 Å². The van der Waals surface area contributed by atoms with Gasteiger partial charge in [0.25, 0.3) is 0 Å². The molecule has 3 aromatic rings. The van der Waals surface area contributed by atoms with Crippen LogP contribution in [0.25, 0.3) is 0 Å². The Morgan fingerprint density at radius 1 is 0.963 bits per heavy atom. The molecule has 0 radical (unpaired) electrons. The summed E-state index contributed by atoms with van der Waals surface area (Å²) in [4.78, 5) is 0. The summed E-state index contributed by atoms with van der Waals surface area (Å²) < 4.78 is 4.75. The molecule has 0 saturated carbocycles. The summed E-state index contributed by atoms with van der Waals surface area (Å²) in [5.74, 6) is 0. The molecular formula is C25H33N2+. The van der Waals surface area contributed by atoms with Crippen molar-refractivity contribution < 1.29 is 4.57 Å². The van der Waals surface area contributed by atoms with Crippen molar-refractivity contribution >= 4 is 0 Å². The molecule has 0 N–H and O–H groups in total. The minimum Gasteiger partial charge on any atom is -0.235 e. The van der Waals surface area contributed by atoms with Crippen LogP contribution in [0.4, 0.5) is 0 Å². The zero-order valence-electron chi connectivity index (χ0n) is 17.2. The van der Waals surface area contributed by atoms with Gasteiger partial charge in [-0.1, -0.05) is 80.9 Å². The summed E-state index contributed by atoms with van der Waals surface area (Å²) in [6.07, 6.45) is 10.1. The van der Waals surface area contributed by atoms with E-state index in [1.807, 2.05) is 0 Å². The first-order valence-electron chi connectivity index (χ1n) is 10.2. The molecule has 1 aromatic heterocycles. The van der Waals surface area contributed by atoms with Crippen LogP contribution in [0.3, 0.4) is 0 Å². The molecule has 2 nitrogen and oxygen atoms in total. The molecule has 0 spiro atoms. The summed E-state index contributed by atoms with van der Waals surface area (Å²) in [7, 11) is 0. The predicted molar refractivity (Wildman–Crippen MR) is 113 cm³/mol. The Balaban J connectivity index is 2.07. The van der Waals surface area contributed by atoms with E-state index in [2.05, 4.69) is 116 Å². The highest BCUT2D eigenvalue weighted by Crippen LogP contribution is 2.38. The Hall–Kier alpha value is -2.35. The van der Waals surface area contributed by atoms with Gasteiger partial charge in [0, 0.05) is 5.41 Å². The number of aromatic nitrogens is 2. The molecule has 0 saturated heterocycles. The average Bonchev–Trinajstić information content (AvgIpc) is 3.17. The fraction of sp³-hybridized carbons (Fsp3) is 0.400. The molecule has 2 aromatic carbocycles. The molecule has 2 heteroatoms. The van der Waals surface area contributed by atoms with E-state index in [4.69, 9.17) is 0 Å². The summed E-state index contributed by atoms with van der Waals surface area (Å²) in [5.41, 5.74) is 2.83. The molecule has 0 bridgehead atoms. The quantitative estimate of drug-likeness (QED) is 0.442. The molecule has 0 amide bonds. The summed E-state index contributed by atoms with van der Waals surface area (Å²) >= 11 is 0. The van der Waals surface area contributed by atoms with E-state index < -0.39 is 0 Å².